The maximum absolute atomic E-state index is 6.19. The van der Waals surface area contributed by atoms with Gasteiger partial charge >= 0.3 is 0 Å². The lowest BCUT2D eigenvalue weighted by Gasteiger charge is -2.12. The van der Waals surface area contributed by atoms with Gasteiger partial charge in [0.25, 0.3) is 0 Å². The van der Waals surface area contributed by atoms with Crippen LogP contribution in [0, 0.1) is 12.8 Å². The SMILES string of the molecule is Cc1nc(CCC(C)C)nc(Cl)c1C(C)C. The van der Waals surface area contributed by atoms with Gasteiger partial charge in [-0.15, -0.1) is 0 Å². The van der Waals surface area contributed by atoms with Crippen LogP contribution < -0.4 is 0 Å². The molecule has 0 aliphatic rings. The van der Waals surface area contributed by atoms with E-state index in [-0.39, 0.29) is 0 Å². The zero-order valence-corrected chi connectivity index (χ0v) is 11.6. The summed E-state index contributed by atoms with van der Waals surface area (Å²) in [4.78, 5) is 8.91. The third-order valence-corrected chi connectivity index (χ3v) is 2.95. The highest BCUT2D eigenvalue weighted by atomic mass is 35.5. The van der Waals surface area contributed by atoms with Crippen LogP contribution in [0.25, 0.3) is 0 Å². The second-order valence-electron chi connectivity index (χ2n) is 5.02. The Morgan fingerprint density at radius 1 is 1.12 bits per heavy atom. The second kappa shape index (κ2) is 5.62. The van der Waals surface area contributed by atoms with Crippen LogP contribution >= 0.6 is 11.6 Å². The van der Waals surface area contributed by atoms with E-state index in [0.29, 0.717) is 17.0 Å². The third kappa shape index (κ3) is 3.44. The Morgan fingerprint density at radius 3 is 2.19 bits per heavy atom. The largest absolute Gasteiger partial charge is 0.238 e. The van der Waals surface area contributed by atoms with Crippen molar-refractivity contribution < 1.29 is 0 Å². The molecule has 0 unspecified atom stereocenters. The molecule has 90 valence electrons. The maximum atomic E-state index is 6.19. The minimum absolute atomic E-state index is 0.381. The van der Waals surface area contributed by atoms with Crippen LogP contribution in [0.5, 0.6) is 0 Å². The number of hydrogen-bond donors (Lipinski definition) is 0. The van der Waals surface area contributed by atoms with Crippen molar-refractivity contribution in [2.24, 2.45) is 5.92 Å². The number of hydrogen-bond acceptors (Lipinski definition) is 2. The summed E-state index contributed by atoms with van der Waals surface area (Å²) in [5, 5.41) is 0.626. The van der Waals surface area contributed by atoms with Gasteiger partial charge in [0.15, 0.2) is 0 Å². The monoisotopic (exact) mass is 240 g/mol. The number of nitrogens with zero attached hydrogens (tertiary/aromatic N) is 2. The summed E-state index contributed by atoms with van der Waals surface area (Å²) >= 11 is 6.19. The highest BCUT2D eigenvalue weighted by Crippen LogP contribution is 2.25. The van der Waals surface area contributed by atoms with Gasteiger partial charge in [-0.05, 0) is 25.2 Å². The molecule has 0 amide bonds. The van der Waals surface area contributed by atoms with Crippen LogP contribution in [-0.2, 0) is 6.42 Å². The highest BCUT2D eigenvalue weighted by molar-refractivity contribution is 6.30. The molecule has 0 saturated carbocycles. The first kappa shape index (κ1) is 13.4. The topological polar surface area (TPSA) is 25.8 Å². The molecular formula is C13H21ClN2. The Balaban J connectivity index is 2.92. The fraction of sp³-hybridized carbons (Fsp3) is 0.692. The van der Waals surface area contributed by atoms with Gasteiger partial charge in [0, 0.05) is 17.7 Å². The van der Waals surface area contributed by atoms with Crippen molar-refractivity contribution in [2.45, 2.75) is 53.4 Å². The van der Waals surface area contributed by atoms with Gasteiger partial charge in [-0.25, -0.2) is 9.97 Å². The second-order valence-corrected chi connectivity index (χ2v) is 5.37. The van der Waals surface area contributed by atoms with Gasteiger partial charge in [0.2, 0.25) is 0 Å². The lowest BCUT2D eigenvalue weighted by Crippen LogP contribution is -2.05. The van der Waals surface area contributed by atoms with E-state index in [0.717, 1.165) is 29.9 Å². The lowest BCUT2D eigenvalue weighted by atomic mass is 10.0. The summed E-state index contributed by atoms with van der Waals surface area (Å²) < 4.78 is 0. The Bertz CT molecular complexity index is 336. The average Bonchev–Trinajstić information content (AvgIpc) is 2.12. The van der Waals surface area contributed by atoms with Crippen LogP contribution in [0.3, 0.4) is 0 Å². The molecule has 2 nitrogen and oxygen atoms in total. The molecule has 0 spiro atoms. The van der Waals surface area contributed by atoms with Gasteiger partial charge in [-0.2, -0.15) is 0 Å². The van der Waals surface area contributed by atoms with Crippen LogP contribution in [0.2, 0.25) is 5.15 Å². The number of aryl methyl sites for hydroxylation is 2. The van der Waals surface area contributed by atoms with E-state index in [9.17, 15) is 0 Å². The number of aromatic nitrogens is 2. The van der Waals surface area contributed by atoms with E-state index >= 15 is 0 Å². The predicted octanol–water partition coefficient (Wildman–Crippen LogP) is 4.15. The van der Waals surface area contributed by atoms with Crippen LogP contribution in [-0.4, -0.2) is 9.97 Å². The first-order chi connectivity index (χ1) is 7.41. The van der Waals surface area contributed by atoms with E-state index in [1.807, 2.05) is 6.92 Å². The third-order valence-electron chi connectivity index (χ3n) is 2.66. The van der Waals surface area contributed by atoms with E-state index in [4.69, 9.17) is 11.6 Å². The van der Waals surface area contributed by atoms with Crippen molar-refractivity contribution in [1.29, 1.82) is 0 Å². The molecule has 0 fully saturated rings. The molecule has 0 bridgehead atoms. The molecule has 0 saturated heterocycles. The molecule has 0 atom stereocenters. The highest BCUT2D eigenvalue weighted by Gasteiger charge is 2.13. The smallest absolute Gasteiger partial charge is 0.136 e. The number of halogens is 1. The van der Waals surface area contributed by atoms with Crippen molar-refractivity contribution in [2.75, 3.05) is 0 Å². The van der Waals surface area contributed by atoms with Crippen LogP contribution in [0.15, 0.2) is 0 Å². The van der Waals surface area contributed by atoms with Crippen molar-refractivity contribution >= 4 is 11.6 Å². The Morgan fingerprint density at radius 2 is 1.75 bits per heavy atom. The Labute approximate surface area is 103 Å². The minimum atomic E-state index is 0.381. The summed E-state index contributed by atoms with van der Waals surface area (Å²) in [6.45, 7) is 10.7. The molecule has 1 aromatic rings. The molecule has 0 N–H and O–H groups in total. The van der Waals surface area contributed by atoms with Gasteiger partial charge < -0.3 is 0 Å². The average molecular weight is 241 g/mol. The van der Waals surface area contributed by atoms with Crippen molar-refractivity contribution in [3.63, 3.8) is 0 Å². The zero-order chi connectivity index (χ0) is 12.3. The number of rotatable bonds is 4. The van der Waals surface area contributed by atoms with Crippen LogP contribution in [0.4, 0.5) is 0 Å². The summed E-state index contributed by atoms with van der Waals surface area (Å²) in [5.41, 5.74) is 2.10. The van der Waals surface area contributed by atoms with Crippen molar-refractivity contribution in [3.8, 4) is 0 Å². The zero-order valence-electron chi connectivity index (χ0n) is 10.8. The molecule has 0 radical (unpaired) electrons. The molecule has 0 aliphatic heterocycles. The van der Waals surface area contributed by atoms with Gasteiger partial charge in [0.1, 0.15) is 11.0 Å². The normalized spacial score (nSPS) is 11.5. The summed E-state index contributed by atoms with van der Waals surface area (Å²) in [5.74, 6) is 1.93. The maximum Gasteiger partial charge on any atom is 0.136 e. The summed E-state index contributed by atoms with van der Waals surface area (Å²) in [6, 6.07) is 0. The molecule has 1 aromatic heterocycles. The molecule has 1 heterocycles. The predicted molar refractivity (Wildman–Crippen MR) is 69.0 cm³/mol. The fourth-order valence-corrected chi connectivity index (χ4v) is 2.24. The van der Waals surface area contributed by atoms with E-state index in [1.54, 1.807) is 0 Å². The van der Waals surface area contributed by atoms with Crippen molar-refractivity contribution in [3.05, 3.63) is 22.2 Å². The van der Waals surface area contributed by atoms with E-state index < -0.39 is 0 Å². The van der Waals surface area contributed by atoms with Crippen molar-refractivity contribution in [1.82, 2.24) is 9.97 Å². The standard InChI is InChI=1S/C13H21ClN2/c1-8(2)6-7-11-15-10(5)12(9(3)4)13(14)16-11/h8-9H,6-7H2,1-5H3. The molecule has 0 aliphatic carbocycles. The Hall–Kier alpha value is -0.630. The molecular weight excluding hydrogens is 220 g/mol. The molecule has 1 rings (SSSR count). The summed E-state index contributed by atoms with van der Waals surface area (Å²) in [7, 11) is 0. The molecule has 3 heteroatoms. The quantitative estimate of drug-likeness (QED) is 0.739. The first-order valence-corrected chi connectivity index (χ1v) is 6.32. The van der Waals surface area contributed by atoms with Crippen LogP contribution in [0.1, 0.15) is 57.1 Å². The molecule has 0 aromatic carbocycles. The fourth-order valence-electron chi connectivity index (χ4n) is 1.79. The first-order valence-electron chi connectivity index (χ1n) is 5.94. The minimum Gasteiger partial charge on any atom is -0.238 e. The van der Waals surface area contributed by atoms with Gasteiger partial charge in [-0.3, -0.25) is 0 Å². The van der Waals surface area contributed by atoms with Gasteiger partial charge in [-0.1, -0.05) is 39.3 Å². The van der Waals surface area contributed by atoms with Gasteiger partial charge in [0.05, 0.1) is 0 Å². The molecule has 16 heavy (non-hydrogen) atoms. The van der Waals surface area contributed by atoms with E-state index in [2.05, 4.69) is 37.7 Å². The summed E-state index contributed by atoms with van der Waals surface area (Å²) in [6.07, 6.45) is 2.02. The van der Waals surface area contributed by atoms with E-state index in [1.165, 1.54) is 0 Å². The lowest BCUT2D eigenvalue weighted by molar-refractivity contribution is 0.573. The Kier molecular flexibility index (Phi) is 4.72.